The fourth-order valence-electron chi connectivity index (χ4n) is 2.57. The van der Waals surface area contributed by atoms with Crippen molar-refractivity contribution in [1.29, 1.82) is 0 Å². The number of likely N-dealkylation sites (tertiary alicyclic amines) is 1. The summed E-state index contributed by atoms with van der Waals surface area (Å²) in [6, 6.07) is 4.15. The number of halogens is 2. The average molecular weight is 286 g/mol. The van der Waals surface area contributed by atoms with Crippen molar-refractivity contribution in [2.75, 3.05) is 25.0 Å². The van der Waals surface area contributed by atoms with Gasteiger partial charge in [0, 0.05) is 10.9 Å². The van der Waals surface area contributed by atoms with Crippen LogP contribution in [0.4, 0.5) is 10.1 Å². The molecule has 0 saturated carbocycles. The minimum absolute atomic E-state index is 0.155. The van der Waals surface area contributed by atoms with Crippen LogP contribution in [0.3, 0.4) is 0 Å². The number of piperidine rings is 1. The van der Waals surface area contributed by atoms with Gasteiger partial charge < -0.3 is 10.2 Å². The summed E-state index contributed by atoms with van der Waals surface area (Å²) in [5.41, 5.74) is 0.155. The number of anilines is 1. The zero-order chi connectivity index (χ0) is 13.8. The normalized spacial score (nSPS) is 23.1. The van der Waals surface area contributed by atoms with Crippen molar-refractivity contribution in [3.05, 3.63) is 29.0 Å². The molecule has 0 spiro atoms. The largest absolute Gasteiger partial charge is 0.327 e. The topological polar surface area (TPSA) is 33.5 Å². The molecule has 1 aliphatic heterocycles. The molecule has 1 heterocycles. The quantitative estimate of drug-likeness (QED) is 0.871. The standard InChI is InChI=1S/C14H18ClFN2O/c1-10-3-2-6-18(8-10)9-14(19)17-13-7-11(15)4-5-12(13)16/h4-5,7,10H,2-3,6,8-9H2,1H3,(H,17,19)/p+1/t10-/m1/s1. The highest BCUT2D eigenvalue weighted by molar-refractivity contribution is 6.30. The predicted molar refractivity (Wildman–Crippen MR) is 74.0 cm³/mol. The summed E-state index contributed by atoms with van der Waals surface area (Å²) in [6.07, 6.45) is 2.38. The molecule has 1 aromatic rings. The molecule has 2 rings (SSSR count). The van der Waals surface area contributed by atoms with Gasteiger partial charge in [0.15, 0.2) is 6.54 Å². The summed E-state index contributed by atoms with van der Waals surface area (Å²) in [4.78, 5) is 13.2. The van der Waals surface area contributed by atoms with Crippen LogP contribution in [0.5, 0.6) is 0 Å². The van der Waals surface area contributed by atoms with Crippen LogP contribution in [0.1, 0.15) is 19.8 Å². The lowest BCUT2D eigenvalue weighted by Crippen LogP contribution is -3.14. The maximum atomic E-state index is 13.5. The minimum atomic E-state index is -0.459. The summed E-state index contributed by atoms with van der Waals surface area (Å²) < 4.78 is 13.5. The number of hydrogen-bond donors (Lipinski definition) is 2. The van der Waals surface area contributed by atoms with E-state index in [1.807, 2.05) is 0 Å². The first-order valence-electron chi connectivity index (χ1n) is 6.63. The van der Waals surface area contributed by atoms with Crippen molar-refractivity contribution in [3.63, 3.8) is 0 Å². The number of carbonyl (C=O) groups excluding carboxylic acids is 1. The second-order valence-corrected chi connectivity index (χ2v) is 5.74. The van der Waals surface area contributed by atoms with Crippen molar-refractivity contribution in [3.8, 4) is 0 Å². The monoisotopic (exact) mass is 285 g/mol. The molecule has 5 heteroatoms. The fourth-order valence-corrected chi connectivity index (χ4v) is 2.74. The van der Waals surface area contributed by atoms with Crippen molar-refractivity contribution in [1.82, 2.24) is 0 Å². The van der Waals surface area contributed by atoms with E-state index in [-0.39, 0.29) is 11.6 Å². The van der Waals surface area contributed by atoms with Crippen LogP contribution in [0.25, 0.3) is 0 Å². The predicted octanol–water partition coefficient (Wildman–Crippen LogP) is 1.73. The van der Waals surface area contributed by atoms with Crippen molar-refractivity contribution in [2.45, 2.75) is 19.8 Å². The first-order valence-corrected chi connectivity index (χ1v) is 7.01. The Kier molecular flexibility index (Phi) is 4.77. The number of rotatable bonds is 3. The highest BCUT2D eigenvalue weighted by Crippen LogP contribution is 2.19. The summed E-state index contributed by atoms with van der Waals surface area (Å²) >= 11 is 5.79. The van der Waals surface area contributed by atoms with Gasteiger partial charge in [-0.05, 0) is 31.0 Å². The van der Waals surface area contributed by atoms with Crippen LogP contribution in [-0.4, -0.2) is 25.5 Å². The van der Waals surface area contributed by atoms with E-state index in [4.69, 9.17) is 11.6 Å². The van der Waals surface area contributed by atoms with Gasteiger partial charge in [0.05, 0.1) is 18.8 Å². The third kappa shape index (κ3) is 4.18. The Morgan fingerprint density at radius 2 is 2.37 bits per heavy atom. The van der Waals surface area contributed by atoms with Crippen molar-refractivity contribution < 1.29 is 14.1 Å². The van der Waals surface area contributed by atoms with Gasteiger partial charge in [-0.15, -0.1) is 0 Å². The van der Waals surface area contributed by atoms with E-state index in [1.54, 1.807) is 0 Å². The van der Waals surface area contributed by atoms with Gasteiger partial charge in [0.2, 0.25) is 0 Å². The maximum absolute atomic E-state index is 13.5. The number of quaternary nitrogens is 1. The maximum Gasteiger partial charge on any atom is 0.279 e. The zero-order valence-electron chi connectivity index (χ0n) is 11.0. The molecule has 0 aliphatic carbocycles. The number of amides is 1. The van der Waals surface area contributed by atoms with Crippen molar-refractivity contribution in [2.24, 2.45) is 5.92 Å². The Bertz CT molecular complexity index is 467. The SMILES string of the molecule is C[C@@H]1CCC[NH+](CC(=O)Nc2cc(Cl)ccc2F)C1. The van der Waals surface area contributed by atoms with Gasteiger partial charge in [-0.3, -0.25) is 4.79 Å². The van der Waals surface area contributed by atoms with E-state index < -0.39 is 5.82 Å². The molecule has 1 fully saturated rings. The Labute approximate surface area is 117 Å². The molecular formula is C14H19ClFN2O+. The molecule has 1 aromatic carbocycles. The summed E-state index contributed by atoms with van der Waals surface area (Å²) in [5.74, 6) is 0.0319. The third-order valence-corrected chi connectivity index (χ3v) is 3.71. The fraction of sp³-hybridized carbons (Fsp3) is 0.500. The van der Waals surface area contributed by atoms with Gasteiger partial charge in [-0.1, -0.05) is 18.5 Å². The van der Waals surface area contributed by atoms with E-state index in [0.29, 0.717) is 17.5 Å². The first kappa shape index (κ1) is 14.3. The molecule has 104 valence electrons. The molecule has 0 bridgehead atoms. The average Bonchev–Trinajstić information content (AvgIpc) is 2.34. The number of carbonyl (C=O) groups is 1. The number of benzene rings is 1. The van der Waals surface area contributed by atoms with Crippen LogP contribution in [0, 0.1) is 11.7 Å². The first-order chi connectivity index (χ1) is 9.04. The van der Waals surface area contributed by atoms with E-state index in [1.165, 1.54) is 29.5 Å². The molecule has 1 amide bonds. The van der Waals surface area contributed by atoms with Gasteiger partial charge in [-0.2, -0.15) is 0 Å². The molecule has 1 aliphatic rings. The van der Waals surface area contributed by atoms with Gasteiger partial charge in [-0.25, -0.2) is 4.39 Å². The molecular weight excluding hydrogens is 267 g/mol. The summed E-state index contributed by atoms with van der Waals surface area (Å²) in [6.45, 7) is 4.60. The third-order valence-electron chi connectivity index (χ3n) is 3.48. The van der Waals surface area contributed by atoms with Crippen molar-refractivity contribution >= 4 is 23.2 Å². The van der Waals surface area contributed by atoms with E-state index >= 15 is 0 Å². The van der Waals surface area contributed by atoms with Crippen LogP contribution >= 0.6 is 11.6 Å². The second-order valence-electron chi connectivity index (χ2n) is 5.30. The summed E-state index contributed by atoms with van der Waals surface area (Å²) in [5, 5.41) is 3.01. The molecule has 2 atom stereocenters. The molecule has 19 heavy (non-hydrogen) atoms. The number of hydrogen-bond acceptors (Lipinski definition) is 1. The lowest BCUT2D eigenvalue weighted by Gasteiger charge is -2.27. The zero-order valence-corrected chi connectivity index (χ0v) is 11.8. The van der Waals surface area contributed by atoms with E-state index in [2.05, 4.69) is 12.2 Å². The number of nitrogens with one attached hydrogen (secondary N) is 2. The highest BCUT2D eigenvalue weighted by Gasteiger charge is 2.22. The molecule has 3 nitrogen and oxygen atoms in total. The Morgan fingerprint density at radius 1 is 1.58 bits per heavy atom. The van der Waals surface area contributed by atoms with Crippen LogP contribution in [0.15, 0.2) is 18.2 Å². The Hall–Kier alpha value is -1.13. The highest BCUT2D eigenvalue weighted by atomic mass is 35.5. The molecule has 2 N–H and O–H groups in total. The Balaban J connectivity index is 1.92. The van der Waals surface area contributed by atoms with Gasteiger partial charge >= 0.3 is 0 Å². The smallest absolute Gasteiger partial charge is 0.279 e. The lowest BCUT2D eigenvalue weighted by molar-refractivity contribution is -0.900. The molecule has 1 saturated heterocycles. The lowest BCUT2D eigenvalue weighted by atomic mass is 10.0. The minimum Gasteiger partial charge on any atom is -0.327 e. The van der Waals surface area contributed by atoms with Crippen LogP contribution < -0.4 is 10.2 Å². The molecule has 0 radical (unpaired) electrons. The summed E-state index contributed by atoms with van der Waals surface area (Å²) in [7, 11) is 0. The van der Waals surface area contributed by atoms with Crippen LogP contribution in [-0.2, 0) is 4.79 Å². The van der Waals surface area contributed by atoms with Crippen LogP contribution in [0.2, 0.25) is 5.02 Å². The van der Waals surface area contributed by atoms with E-state index in [9.17, 15) is 9.18 Å². The van der Waals surface area contributed by atoms with Gasteiger partial charge in [0.25, 0.3) is 5.91 Å². The van der Waals surface area contributed by atoms with Gasteiger partial charge in [0.1, 0.15) is 5.82 Å². The van der Waals surface area contributed by atoms with E-state index in [0.717, 1.165) is 19.5 Å². The Morgan fingerprint density at radius 3 is 3.11 bits per heavy atom. The molecule has 0 aromatic heterocycles. The second kappa shape index (κ2) is 6.35. The molecule has 1 unspecified atom stereocenters.